The van der Waals surface area contributed by atoms with E-state index in [1.165, 1.54) is 0 Å². The standard InChI is InChI=1S/C14H13ClN2O/c1-9-8-12(14-16-6-7-17(9)14)13(18)10-2-4-11(15)5-3-10/h2-5,8,16H,6-7H2,1H3. The smallest absolute Gasteiger partial charge is 0.196 e. The monoisotopic (exact) mass is 260 g/mol. The fourth-order valence-electron chi connectivity index (χ4n) is 2.37. The van der Waals surface area contributed by atoms with Crippen molar-refractivity contribution in [3.8, 4) is 0 Å². The van der Waals surface area contributed by atoms with E-state index in [9.17, 15) is 4.79 Å². The van der Waals surface area contributed by atoms with Crippen LogP contribution in [-0.4, -0.2) is 16.9 Å². The second kappa shape index (κ2) is 4.18. The average molecular weight is 261 g/mol. The number of carbonyl (C=O) groups excluding carboxylic acids is 1. The van der Waals surface area contributed by atoms with E-state index in [0.717, 1.165) is 30.2 Å². The van der Waals surface area contributed by atoms with Gasteiger partial charge in [-0.2, -0.15) is 0 Å². The van der Waals surface area contributed by atoms with E-state index < -0.39 is 0 Å². The maximum absolute atomic E-state index is 12.4. The lowest BCUT2D eigenvalue weighted by molar-refractivity contribution is 0.103. The summed E-state index contributed by atoms with van der Waals surface area (Å²) in [5, 5.41) is 3.91. The molecule has 0 spiro atoms. The minimum Gasteiger partial charge on any atom is -0.369 e. The van der Waals surface area contributed by atoms with Crippen LogP contribution in [0.2, 0.25) is 5.02 Å². The summed E-state index contributed by atoms with van der Waals surface area (Å²) in [5.74, 6) is 0.977. The van der Waals surface area contributed by atoms with Gasteiger partial charge in [-0.25, -0.2) is 0 Å². The Morgan fingerprint density at radius 1 is 1.33 bits per heavy atom. The molecule has 18 heavy (non-hydrogen) atoms. The van der Waals surface area contributed by atoms with Gasteiger partial charge >= 0.3 is 0 Å². The van der Waals surface area contributed by atoms with Gasteiger partial charge < -0.3 is 9.88 Å². The Bertz CT molecular complexity index is 613. The molecular formula is C14H13ClN2O. The normalized spacial score (nSPS) is 13.2. The van der Waals surface area contributed by atoms with Crippen LogP contribution in [0, 0.1) is 6.92 Å². The van der Waals surface area contributed by atoms with Gasteiger partial charge in [0.05, 0.1) is 5.56 Å². The first-order chi connectivity index (χ1) is 8.66. The van der Waals surface area contributed by atoms with Crippen LogP contribution in [0.15, 0.2) is 30.3 Å². The molecule has 92 valence electrons. The molecule has 0 bridgehead atoms. The van der Waals surface area contributed by atoms with Crippen molar-refractivity contribution in [3.63, 3.8) is 0 Å². The minimum absolute atomic E-state index is 0.0397. The van der Waals surface area contributed by atoms with Crippen molar-refractivity contribution in [1.29, 1.82) is 0 Å². The van der Waals surface area contributed by atoms with Gasteiger partial charge in [0, 0.05) is 29.4 Å². The van der Waals surface area contributed by atoms with Crippen molar-refractivity contribution in [2.75, 3.05) is 11.9 Å². The molecule has 2 heterocycles. The van der Waals surface area contributed by atoms with Gasteiger partial charge in [-0.1, -0.05) is 11.6 Å². The molecule has 2 aromatic rings. The number of aryl methyl sites for hydroxylation is 1. The zero-order chi connectivity index (χ0) is 12.7. The number of benzene rings is 1. The molecule has 1 aromatic carbocycles. The van der Waals surface area contributed by atoms with E-state index in [2.05, 4.69) is 9.88 Å². The molecular weight excluding hydrogens is 248 g/mol. The van der Waals surface area contributed by atoms with Gasteiger partial charge in [0.25, 0.3) is 0 Å². The molecule has 0 saturated carbocycles. The van der Waals surface area contributed by atoms with Crippen LogP contribution < -0.4 is 5.32 Å². The lowest BCUT2D eigenvalue weighted by Gasteiger charge is -2.02. The number of hydrogen-bond donors (Lipinski definition) is 1. The molecule has 3 nitrogen and oxygen atoms in total. The van der Waals surface area contributed by atoms with E-state index in [0.29, 0.717) is 10.6 Å². The molecule has 1 N–H and O–H groups in total. The highest BCUT2D eigenvalue weighted by atomic mass is 35.5. The third-order valence-corrected chi connectivity index (χ3v) is 3.53. The van der Waals surface area contributed by atoms with E-state index in [-0.39, 0.29) is 5.78 Å². The molecule has 0 atom stereocenters. The lowest BCUT2D eigenvalue weighted by atomic mass is 10.1. The van der Waals surface area contributed by atoms with Gasteiger partial charge in [-0.15, -0.1) is 0 Å². The van der Waals surface area contributed by atoms with Crippen molar-refractivity contribution in [2.24, 2.45) is 0 Å². The molecule has 0 unspecified atom stereocenters. The van der Waals surface area contributed by atoms with E-state index in [4.69, 9.17) is 11.6 Å². The Hall–Kier alpha value is -1.74. The van der Waals surface area contributed by atoms with E-state index >= 15 is 0 Å². The Kier molecular flexibility index (Phi) is 2.63. The molecule has 0 aliphatic carbocycles. The molecule has 3 rings (SSSR count). The van der Waals surface area contributed by atoms with Crippen molar-refractivity contribution < 1.29 is 4.79 Å². The number of rotatable bonds is 2. The van der Waals surface area contributed by atoms with Gasteiger partial charge in [0.1, 0.15) is 5.82 Å². The fourth-order valence-corrected chi connectivity index (χ4v) is 2.50. The average Bonchev–Trinajstić information content (AvgIpc) is 2.94. The van der Waals surface area contributed by atoms with Crippen molar-refractivity contribution in [3.05, 3.63) is 52.2 Å². The summed E-state index contributed by atoms with van der Waals surface area (Å²) < 4.78 is 2.14. The minimum atomic E-state index is 0.0397. The van der Waals surface area contributed by atoms with Crippen LogP contribution in [0.5, 0.6) is 0 Å². The third kappa shape index (κ3) is 1.71. The first kappa shape index (κ1) is 11.4. The number of fused-ring (bicyclic) bond motifs is 1. The summed E-state index contributed by atoms with van der Waals surface area (Å²) in [6, 6.07) is 8.95. The lowest BCUT2D eigenvalue weighted by Crippen LogP contribution is -2.03. The number of carbonyl (C=O) groups is 1. The highest BCUT2D eigenvalue weighted by molar-refractivity contribution is 6.30. The first-order valence-corrected chi connectivity index (χ1v) is 6.29. The van der Waals surface area contributed by atoms with E-state index in [1.807, 2.05) is 13.0 Å². The van der Waals surface area contributed by atoms with Gasteiger partial charge in [-0.3, -0.25) is 4.79 Å². The number of nitrogens with one attached hydrogen (secondary N) is 1. The number of nitrogens with zero attached hydrogens (tertiary/aromatic N) is 1. The Morgan fingerprint density at radius 2 is 2.06 bits per heavy atom. The molecule has 1 aliphatic rings. The maximum Gasteiger partial charge on any atom is 0.196 e. The number of hydrogen-bond acceptors (Lipinski definition) is 2. The third-order valence-electron chi connectivity index (χ3n) is 3.28. The largest absolute Gasteiger partial charge is 0.369 e. The number of ketones is 1. The van der Waals surface area contributed by atoms with Crippen LogP contribution in [0.1, 0.15) is 21.6 Å². The Balaban J connectivity index is 2.03. The zero-order valence-corrected chi connectivity index (χ0v) is 10.8. The first-order valence-electron chi connectivity index (χ1n) is 5.91. The van der Waals surface area contributed by atoms with Gasteiger partial charge in [-0.05, 0) is 37.3 Å². The quantitative estimate of drug-likeness (QED) is 0.842. The predicted molar refractivity (Wildman–Crippen MR) is 72.5 cm³/mol. The van der Waals surface area contributed by atoms with Crippen LogP contribution in [-0.2, 0) is 6.54 Å². The van der Waals surface area contributed by atoms with Gasteiger partial charge in [0.15, 0.2) is 5.78 Å². The number of aromatic nitrogens is 1. The number of halogens is 1. The Morgan fingerprint density at radius 3 is 2.78 bits per heavy atom. The predicted octanol–water partition coefficient (Wildman–Crippen LogP) is 3.11. The second-order valence-electron chi connectivity index (χ2n) is 4.46. The summed E-state index contributed by atoms with van der Waals surface area (Å²) in [6.45, 7) is 3.84. The summed E-state index contributed by atoms with van der Waals surface area (Å²) in [4.78, 5) is 12.4. The highest BCUT2D eigenvalue weighted by Gasteiger charge is 2.22. The zero-order valence-electron chi connectivity index (χ0n) is 10.0. The van der Waals surface area contributed by atoms with Crippen molar-refractivity contribution >= 4 is 23.2 Å². The summed E-state index contributed by atoms with van der Waals surface area (Å²) >= 11 is 5.83. The summed E-state index contributed by atoms with van der Waals surface area (Å²) in [6.07, 6.45) is 0. The molecule has 4 heteroatoms. The SMILES string of the molecule is Cc1cc(C(=O)c2ccc(Cl)cc2)c2n1CCN2. The van der Waals surface area contributed by atoms with Crippen molar-refractivity contribution in [2.45, 2.75) is 13.5 Å². The van der Waals surface area contributed by atoms with Crippen LogP contribution in [0.3, 0.4) is 0 Å². The molecule has 0 amide bonds. The van der Waals surface area contributed by atoms with Crippen LogP contribution in [0.25, 0.3) is 0 Å². The van der Waals surface area contributed by atoms with Crippen LogP contribution >= 0.6 is 11.6 Å². The highest BCUT2D eigenvalue weighted by Crippen LogP contribution is 2.27. The molecule has 1 aliphatic heterocycles. The summed E-state index contributed by atoms with van der Waals surface area (Å²) in [7, 11) is 0. The Labute approximate surface area is 110 Å². The van der Waals surface area contributed by atoms with Crippen molar-refractivity contribution in [1.82, 2.24) is 4.57 Å². The molecule has 1 aromatic heterocycles. The van der Waals surface area contributed by atoms with Gasteiger partial charge in [0.2, 0.25) is 0 Å². The topological polar surface area (TPSA) is 34.0 Å². The molecule has 0 radical (unpaired) electrons. The second-order valence-corrected chi connectivity index (χ2v) is 4.90. The fraction of sp³-hybridized carbons (Fsp3) is 0.214. The van der Waals surface area contributed by atoms with E-state index in [1.54, 1.807) is 24.3 Å². The molecule has 0 saturated heterocycles. The van der Waals surface area contributed by atoms with Crippen LogP contribution in [0.4, 0.5) is 5.82 Å². The molecule has 0 fully saturated rings. The maximum atomic E-state index is 12.4. The number of anilines is 1. The summed E-state index contributed by atoms with van der Waals surface area (Å²) in [5.41, 5.74) is 2.53.